The second kappa shape index (κ2) is 38.7. The molecule has 0 radical (unpaired) electrons. The Bertz CT molecular complexity index is 3530. The number of aromatic nitrogens is 3. The van der Waals surface area contributed by atoms with Crippen LogP contribution in [0.25, 0.3) is 76.1 Å². The van der Waals surface area contributed by atoms with Gasteiger partial charge in [-0.2, -0.15) is 0 Å². The fourth-order valence-electron chi connectivity index (χ4n) is 11.3. The van der Waals surface area contributed by atoms with Crippen LogP contribution in [0.1, 0.15) is 198 Å². The SMILES string of the molecule is CCCCCCCCCCCCSc1ccc2nc(-c3ccc(C)cc3)sc2c1.CCCCCCCCc1ccc(-c2ccc(-c3cnc4ccccc4n3)cc2)cc1.CCCCCCCCc1ccc(-c2ccc3cc(OCCCC)ccc3c2)cc1. The number of hydrogen-bond donors (Lipinski definition) is 0. The first-order valence-electron chi connectivity index (χ1n) is 34.2. The Morgan fingerprint density at radius 1 is 0.386 bits per heavy atom. The number of aryl methyl sites for hydroxylation is 3. The summed E-state index contributed by atoms with van der Waals surface area (Å²) in [5.74, 6) is 2.20. The smallest absolute Gasteiger partial charge is 0.124 e. The molecule has 88 heavy (non-hydrogen) atoms. The van der Waals surface area contributed by atoms with Gasteiger partial charge in [0.1, 0.15) is 10.8 Å². The number of unbranched alkanes of at least 4 members (excludes halogenated alkanes) is 20. The average molecular weight is 1210 g/mol. The molecule has 0 unspecified atom stereocenters. The molecule has 8 aromatic carbocycles. The number of fused-ring (bicyclic) bond motifs is 3. The fraction of sp³-hybridized carbons (Fsp3) is 0.402. The molecule has 2 heterocycles. The number of thiazole rings is 1. The minimum atomic E-state index is 0.797. The Hall–Kier alpha value is -6.60. The highest BCUT2D eigenvalue weighted by Crippen LogP contribution is 2.34. The number of nitrogens with zero attached hydrogens (tertiary/aromatic N) is 3. The maximum atomic E-state index is 5.84. The molecule has 0 spiro atoms. The van der Waals surface area contributed by atoms with E-state index in [1.54, 1.807) is 11.3 Å². The number of rotatable bonds is 34. The Labute approximate surface area is 538 Å². The monoisotopic (exact) mass is 1210 g/mol. The van der Waals surface area contributed by atoms with Crippen LogP contribution >= 0.6 is 23.1 Å². The van der Waals surface area contributed by atoms with Gasteiger partial charge in [0.25, 0.3) is 0 Å². The molecule has 6 heteroatoms. The molecule has 10 aromatic rings. The van der Waals surface area contributed by atoms with Crippen molar-refractivity contribution in [1.82, 2.24) is 15.0 Å². The van der Waals surface area contributed by atoms with E-state index in [9.17, 15) is 0 Å². The minimum Gasteiger partial charge on any atom is -0.494 e. The van der Waals surface area contributed by atoms with Crippen LogP contribution < -0.4 is 4.74 Å². The van der Waals surface area contributed by atoms with Gasteiger partial charge in [-0.15, -0.1) is 23.1 Å². The predicted molar refractivity (Wildman–Crippen MR) is 387 cm³/mol. The highest BCUT2D eigenvalue weighted by Gasteiger charge is 2.10. The van der Waals surface area contributed by atoms with Gasteiger partial charge in [0, 0.05) is 16.0 Å². The summed E-state index contributed by atoms with van der Waals surface area (Å²) in [4.78, 5) is 15.5. The van der Waals surface area contributed by atoms with Crippen LogP contribution in [0.2, 0.25) is 0 Å². The number of hydrogen-bond acceptors (Lipinski definition) is 6. The van der Waals surface area contributed by atoms with Gasteiger partial charge in [-0.05, 0) is 144 Å². The summed E-state index contributed by atoms with van der Waals surface area (Å²) in [7, 11) is 0. The van der Waals surface area contributed by atoms with Crippen molar-refractivity contribution in [3.05, 3.63) is 199 Å². The third kappa shape index (κ3) is 22.8. The quantitative estimate of drug-likeness (QED) is 0.0297. The molecule has 462 valence electrons. The number of ether oxygens (including phenoxy) is 1. The van der Waals surface area contributed by atoms with Crippen molar-refractivity contribution in [1.29, 1.82) is 0 Å². The van der Waals surface area contributed by atoms with E-state index in [-0.39, 0.29) is 0 Å². The van der Waals surface area contributed by atoms with Gasteiger partial charge in [0.15, 0.2) is 0 Å². The molecule has 4 nitrogen and oxygen atoms in total. The zero-order valence-corrected chi connectivity index (χ0v) is 55.8. The van der Waals surface area contributed by atoms with E-state index in [2.05, 4.69) is 191 Å². The Morgan fingerprint density at radius 2 is 0.875 bits per heavy atom. The molecule has 0 amide bonds. The maximum Gasteiger partial charge on any atom is 0.124 e. The van der Waals surface area contributed by atoms with Gasteiger partial charge in [-0.1, -0.05) is 289 Å². The first kappa shape index (κ1) is 67.3. The Morgan fingerprint density at radius 3 is 1.48 bits per heavy atom. The molecule has 0 N–H and O–H groups in total. The largest absolute Gasteiger partial charge is 0.494 e. The molecular weight excluding hydrogens is 1110 g/mol. The van der Waals surface area contributed by atoms with Crippen molar-refractivity contribution in [3.63, 3.8) is 0 Å². The molecule has 0 atom stereocenters. The summed E-state index contributed by atoms with van der Waals surface area (Å²) >= 11 is 3.80. The number of benzene rings is 8. The van der Waals surface area contributed by atoms with Crippen LogP contribution in [0, 0.1) is 6.92 Å². The molecule has 0 bridgehead atoms. The van der Waals surface area contributed by atoms with Gasteiger partial charge >= 0.3 is 0 Å². The molecule has 0 saturated heterocycles. The van der Waals surface area contributed by atoms with Gasteiger partial charge in [0.2, 0.25) is 0 Å². The summed E-state index contributed by atoms with van der Waals surface area (Å²) in [6, 6.07) is 63.4. The highest BCUT2D eigenvalue weighted by molar-refractivity contribution is 7.99. The molecule has 2 aromatic heterocycles. The van der Waals surface area contributed by atoms with Crippen molar-refractivity contribution < 1.29 is 4.74 Å². The van der Waals surface area contributed by atoms with Gasteiger partial charge < -0.3 is 4.74 Å². The summed E-state index contributed by atoms with van der Waals surface area (Å²) in [6.45, 7) is 11.9. The van der Waals surface area contributed by atoms with E-state index in [1.807, 2.05) is 42.2 Å². The molecule has 0 aliphatic carbocycles. The van der Waals surface area contributed by atoms with Crippen LogP contribution in [0.5, 0.6) is 5.75 Å². The van der Waals surface area contributed by atoms with Crippen molar-refractivity contribution in [2.75, 3.05) is 12.4 Å². The highest BCUT2D eigenvalue weighted by atomic mass is 32.2. The Kier molecular flexibility index (Phi) is 29.6. The van der Waals surface area contributed by atoms with Crippen LogP contribution in [0.15, 0.2) is 187 Å². The first-order valence-corrected chi connectivity index (χ1v) is 36.0. The fourth-order valence-corrected chi connectivity index (χ4v) is 13.3. The summed E-state index contributed by atoms with van der Waals surface area (Å²) in [5, 5.41) is 3.63. The molecule has 0 aliphatic rings. The van der Waals surface area contributed by atoms with Crippen LogP contribution in [-0.2, 0) is 12.8 Å². The van der Waals surface area contributed by atoms with Crippen LogP contribution in [0.3, 0.4) is 0 Å². The first-order chi connectivity index (χ1) is 43.4. The lowest BCUT2D eigenvalue weighted by atomic mass is 9.98. The normalized spacial score (nSPS) is 11.2. The van der Waals surface area contributed by atoms with E-state index >= 15 is 0 Å². The second-order valence-corrected chi connectivity index (χ2v) is 26.4. The van der Waals surface area contributed by atoms with Crippen molar-refractivity contribution >= 4 is 55.1 Å². The average Bonchev–Trinajstić information content (AvgIpc) is 2.96. The lowest BCUT2D eigenvalue weighted by Gasteiger charge is -2.09. The Balaban J connectivity index is 0.000000171. The molecule has 0 aliphatic heterocycles. The van der Waals surface area contributed by atoms with Crippen LogP contribution in [-0.4, -0.2) is 27.3 Å². The van der Waals surface area contributed by atoms with E-state index in [1.165, 1.54) is 225 Å². The standard InChI is InChI=1S/C28H30N2.C28H36O.C26H35NS2/c1-2-3-4-5-6-7-10-22-13-15-23(16-14-22)24-17-19-25(20-18-24)28-21-29-26-11-8-9-12-27(26)30-28;1-3-5-7-8-9-10-11-23-12-14-24(15-13-23)25-16-17-27-22-28(29-20-6-4-2)19-18-26(27)21-25;1-3-4-5-6-7-8-9-10-11-12-19-28-23-17-18-24-25(20-23)29-26(27-24)22-15-13-21(2)14-16-22/h8-9,11-21H,2-7,10H2,1H3;12-19,21-22H,3-11,20H2,1-2H3;13-18,20H,3-12,19H2,1-2H3. The predicted octanol–water partition coefficient (Wildman–Crippen LogP) is 25.7. The molecular formula is C82H101N3OS2. The molecule has 10 rings (SSSR count). The lowest BCUT2D eigenvalue weighted by molar-refractivity contribution is 0.310. The summed E-state index contributed by atoms with van der Waals surface area (Å²) in [5.41, 5.74) is 15.5. The van der Waals surface area contributed by atoms with E-state index in [0.29, 0.717) is 0 Å². The zero-order chi connectivity index (χ0) is 61.2. The maximum absolute atomic E-state index is 5.84. The van der Waals surface area contributed by atoms with Gasteiger partial charge in [-0.25, -0.2) is 9.97 Å². The van der Waals surface area contributed by atoms with Gasteiger partial charge in [-0.3, -0.25) is 4.98 Å². The summed E-state index contributed by atoms with van der Waals surface area (Å²) < 4.78 is 7.14. The topological polar surface area (TPSA) is 47.9 Å². The zero-order valence-electron chi connectivity index (χ0n) is 54.2. The van der Waals surface area contributed by atoms with E-state index in [0.717, 1.165) is 58.0 Å². The van der Waals surface area contributed by atoms with E-state index in [4.69, 9.17) is 14.7 Å². The van der Waals surface area contributed by atoms with Crippen molar-refractivity contribution in [2.45, 2.75) is 206 Å². The number of thioether (sulfide) groups is 1. The van der Waals surface area contributed by atoms with Crippen LogP contribution in [0.4, 0.5) is 0 Å². The summed E-state index contributed by atoms with van der Waals surface area (Å²) in [6.07, 6.45) is 36.8. The second-order valence-electron chi connectivity index (χ2n) is 24.2. The molecule has 0 fully saturated rings. The van der Waals surface area contributed by atoms with E-state index < -0.39 is 0 Å². The van der Waals surface area contributed by atoms with Crippen molar-refractivity contribution in [2.24, 2.45) is 0 Å². The van der Waals surface area contributed by atoms with Crippen molar-refractivity contribution in [3.8, 4) is 49.8 Å². The van der Waals surface area contributed by atoms with Gasteiger partial charge in [0.05, 0.1) is 39.7 Å². The number of para-hydroxylation sites is 2. The minimum absolute atomic E-state index is 0.797. The lowest BCUT2D eigenvalue weighted by Crippen LogP contribution is -1.96. The third-order valence-electron chi connectivity index (χ3n) is 16.8. The third-order valence-corrected chi connectivity index (χ3v) is 19.0. The molecule has 0 saturated carbocycles.